The molecule has 1 aromatic heterocycles. The molecule has 0 saturated carbocycles. The molecule has 0 unspecified atom stereocenters. The summed E-state index contributed by atoms with van der Waals surface area (Å²) in [5.74, 6) is -0.323. The van der Waals surface area contributed by atoms with Gasteiger partial charge in [-0.3, -0.25) is 14.2 Å². The average molecular weight is 376 g/mol. The minimum absolute atomic E-state index is 0.000852. The Morgan fingerprint density at radius 3 is 2.96 bits per heavy atom. The fraction of sp³-hybridized carbons (Fsp3) is 0.412. The summed E-state index contributed by atoms with van der Waals surface area (Å²) in [6.07, 6.45) is 1.89. The van der Waals surface area contributed by atoms with Gasteiger partial charge in [0.15, 0.2) is 10.9 Å². The second-order valence-corrected chi connectivity index (χ2v) is 6.94. The molecule has 1 amide bonds. The molecule has 26 heavy (non-hydrogen) atoms. The molecule has 8 nitrogen and oxygen atoms in total. The number of nitrogens with one attached hydrogen (secondary N) is 2. The number of carbonyl (C=O) groups is 2. The number of ether oxygens (including phenoxy) is 1. The number of amides is 1. The molecule has 2 aromatic rings. The Kier molecular flexibility index (Phi) is 5.89. The van der Waals surface area contributed by atoms with E-state index in [-0.39, 0.29) is 29.2 Å². The van der Waals surface area contributed by atoms with E-state index < -0.39 is 0 Å². The van der Waals surface area contributed by atoms with Crippen molar-refractivity contribution >= 4 is 29.1 Å². The number of rotatable bonds is 7. The van der Waals surface area contributed by atoms with Gasteiger partial charge in [-0.2, -0.15) is 0 Å². The van der Waals surface area contributed by atoms with E-state index in [9.17, 15) is 14.4 Å². The van der Waals surface area contributed by atoms with Crippen LogP contribution in [0, 0.1) is 0 Å². The van der Waals surface area contributed by atoms with Crippen molar-refractivity contribution in [3.63, 3.8) is 0 Å². The third-order valence-electron chi connectivity index (χ3n) is 4.05. The van der Waals surface area contributed by atoms with Gasteiger partial charge in [-0.25, -0.2) is 9.89 Å². The summed E-state index contributed by atoms with van der Waals surface area (Å²) in [6, 6.07) is 6.84. The first-order valence-corrected chi connectivity index (χ1v) is 9.32. The van der Waals surface area contributed by atoms with Crippen LogP contribution >= 0.6 is 11.8 Å². The molecule has 0 radical (unpaired) electrons. The molecule has 0 bridgehead atoms. The van der Waals surface area contributed by atoms with E-state index >= 15 is 0 Å². The number of anilines is 1. The van der Waals surface area contributed by atoms with Crippen molar-refractivity contribution in [2.24, 2.45) is 0 Å². The summed E-state index contributed by atoms with van der Waals surface area (Å²) in [5, 5.41) is 9.57. The Morgan fingerprint density at radius 2 is 2.23 bits per heavy atom. The number of hydrogen-bond donors (Lipinski definition) is 2. The monoisotopic (exact) mass is 376 g/mol. The average Bonchev–Trinajstić information content (AvgIpc) is 3.25. The largest absolute Gasteiger partial charge is 0.376 e. The summed E-state index contributed by atoms with van der Waals surface area (Å²) in [5.41, 5.74) is 0.621. The maximum Gasteiger partial charge on any atom is 0.344 e. The number of thioether (sulfide) groups is 1. The van der Waals surface area contributed by atoms with Crippen LogP contribution in [0.2, 0.25) is 0 Å². The predicted octanol–water partition coefficient (Wildman–Crippen LogP) is 1.68. The second kappa shape index (κ2) is 8.33. The lowest BCUT2D eigenvalue weighted by molar-refractivity contribution is -0.113. The lowest BCUT2D eigenvalue weighted by Crippen LogP contribution is -2.25. The molecule has 3 rings (SSSR count). The van der Waals surface area contributed by atoms with Gasteiger partial charge in [0.25, 0.3) is 0 Å². The zero-order chi connectivity index (χ0) is 18.5. The van der Waals surface area contributed by atoms with E-state index in [1.54, 1.807) is 24.3 Å². The number of ketones is 1. The van der Waals surface area contributed by atoms with Gasteiger partial charge in [0.1, 0.15) is 0 Å². The molecule has 9 heteroatoms. The number of H-pyrrole nitrogens is 1. The topological polar surface area (TPSA) is 106 Å². The van der Waals surface area contributed by atoms with Gasteiger partial charge < -0.3 is 10.1 Å². The van der Waals surface area contributed by atoms with E-state index in [2.05, 4.69) is 15.5 Å². The van der Waals surface area contributed by atoms with Gasteiger partial charge in [-0.15, -0.1) is 5.10 Å². The van der Waals surface area contributed by atoms with Crippen LogP contribution in [0.25, 0.3) is 0 Å². The molecule has 1 aliphatic heterocycles. The van der Waals surface area contributed by atoms with Crippen molar-refractivity contribution in [1.29, 1.82) is 0 Å². The molecule has 1 aromatic carbocycles. The van der Waals surface area contributed by atoms with Crippen molar-refractivity contribution in [3.8, 4) is 0 Å². The Bertz CT molecular complexity index is 854. The van der Waals surface area contributed by atoms with Gasteiger partial charge >= 0.3 is 5.69 Å². The van der Waals surface area contributed by atoms with Crippen LogP contribution in [-0.2, 0) is 16.1 Å². The van der Waals surface area contributed by atoms with Crippen LogP contribution in [0.3, 0.4) is 0 Å². The summed E-state index contributed by atoms with van der Waals surface area (Å²) in [7, 11) is 0. The Balaban J connectivity index is 1.62. The summed E-state index contributed by atoms with van der Waals surface area (Å²) in [4.78, 5) is 35.8. The zero-order valence-corrected chi connectivity index (χ0v) is 15.2. The number of benzene rings is 1. The van der Waals surface area contributed by atoms with Crippen LogP contribution in [0.15, 0.2) is 34.2 Å². The predicted molar refractivity (Wildman–Crippen MR) is 97.6 cm³/mol. The van der Waals surface area contributed by atoms with E-state index in [1.807, 2.05) is 0 Å². The van der Waals surface area contributed by atoms with Crippen molar-refractivity contribution < 1.29 is 14.3 Å². The number of carbonyl (C=O) groups excluding carboxylic acids is 2. The van der Waals surface area contributed by atoms with Crippen LogP contribution in [0.1, 0.15) is 30.1 Å². The Hall–Kier alpha value is -2.39. The third-order valence-corrected chi connectivity index (χ3v) is 5.02. The van der Waals surface area contributed by atoms with Crippen molar-refractivity contribution in [1.82, 2.24) is 14.8 Å². The Labute approximate surface area is 154 Å². The number of para-hydroxylation sites is 1. The molecule has 0 aliphatic carbocycles. The number of Topliss-reactive ketones (excluding diaryl/α,β-unsaturated/α-hetero) is 1. The normalized spacial score (nSPS) is 16.6. The standard InChI is InChI=1S/C17H20N4O4S/c1-11(22)13-6-2-3-7-14(13)18-15(23)10-26-17-20-19-16(24)21(17)9-12-5-4-8-25-12/h2-3,6-7,12H,4-5,8-10H2,1H3,(H,18,23)(H,19,24)/t12-/m1/s1. The molecule has 1 aliphatic rings. The second-order valence-electron chi connectivity index (χ2n) is 6.00. The SMILES string of the molecule is CC(=O)c1ccccc1NC(=O)CSc1n[nH]c(=O)n1C[C@H]1CCCO1. The van der Waals surface area contributed by atoms with E-state index in [0.717, 1.165) is 24.6 Å². The summed E-state index contributed by atoms with van der Waals surface area (Å²) >= 11 is 1.16. The highest BCUT2D eigenvalue weighted by molar-refractivity contribution is 7.99. The lowest BCUT2D eigenvalue weighted by atomic mass is 10.1. The highest BCUT2D eigenvalue weighted by Crippen LogP contribution is 2.19. The maximum atomic E-state index is 12.2. The minimum Gasteiger partial charge on any atom is -0.376 e. The maximum absolute atomic E-state index is 12.2. The molecule has 138 valence electrons. The molecule has 1 fully saturated rings. The van der Waals surface area contributed by atoms with Crippen LogP contribution in [0.4, 0.5) is 5.69 Å². The number of hydrogen-bond acceptors (Lipinski definition) is 6. The van der Waals surface area contributed by atoms with Crippen LogP contribution in [-0.4, -0.2) is 44.9 Å². The first-order valence-electron chi connectivity index (χ1n) is 8.34. The van der Waals surface area contributed by atoms with Crippen LogP contribution in [0.5, 0.6) is 0 Å². The lowest BCUT2D eigenvalue weighted by Gasteiger charge is -2.11. The number of aromatic nitrogens is 3. The quantitative estimate of drug-likeness (QED) is 0.563. The number of aromatic amines is 1. The molecular weight excluding hydrogens is 356 g/mol. The van der Waals surface area contributed by atoms with Crippen molar-refractivity contribution in [2.75, 3.05) is 17.7 Å². The third kappa shape index (κ3) is 4.41. The Morgan fingerprint density at radius 1 is 1.42 bits per heavy atom. The molecule has 1 saturated heterocycles. The smallest absolute Gasteiger partial charge is 0.344 e. The van der Waals surface area contributed by atoms with E-state index in [4.69, 9.17) is 4.74 Å². The highest BCUT2D eigenvalue weighted by atomic mass is 32.2. The van der Waals surface area contributed by atoms with Crippen molar-refractivity contribution in [2.45, 2.75) is 37.6 Å². The molecule has 1 atom stereocenters. The van der Waals surface area contributed by atoms with Crippen molar-refractivity contribution in [3.05, 3.63) is 40.3 Å². The van der Waals surface area contributed by atoms with Gasteiger partial charge in [0, 0.05) is 12.2 Å². The van der Waals surface area contributed by atoms with Gasteiger partial charge in [-0.05, 0) is 31.9 Å². The molecule has 2 N–H and O–H groups in total. The fourth-order valence-electron chi connectivity index (χ4n) is 2.78. The highest BCUT2D eigenvalue weighted by Gasteiger charge is 2.20. The first-order chi connectivity index (χ1) is 12.5. The zero-order valence-electron chi connectivity index (χ0n) is 14.4. The first kappa shape index (κ1) is 18.4. The fourth-order valence-corrected chi connectivity index (χ4v) is 3.54. The van der Waals surface area contributed by atoms with Gasteiger partial charge in [-0.1, -0.05) is 23.9 Å². The molecular formula is C17H20N4O4S. The van der Waals surface area contributed by atoms with E-state index in [0.29, 0.717) is 29.6 Å². The van der Waals surface area contributed by atoms with Gasteiger partial charge in [0.05, 0.1) is 24.1 Å². The van der Waals surface area contributed by atoms with E-state index in [1.165, 1.54) is 11.5 Å². The minimum atomic E-state index is -0.315. The van der Waals surface area contributed by atoms with Gasteiger partial charge in [0.2, 0.25) is 5.91 Å². The number of nitrogens with zero attached hydrogens (tertiary/aromatic N) is 2. The van der Waals surface area contributed by atoms with Crippen LogP contribution < -0.4 is 11.0 Å². The molecule has 0 spiro atoms. The molecule has 2 heterocycles. The summed E-state index contributed by atoms with van der Waals surface area (Å²) < 4.78 is 7.05. The summed E-state index contributed by atoms with van der Waals surface area (Å²) in [6.45, 7) is 2.58.